The summed E-state index contributed by atoms with van der Waals surface area (Å²) < 4.78 is 10.3. The topological polar surface area (TPSA) is 35.5 Å². The lowest BCUT2D eigenvalue weighted by molar-refractivity contribution is -0.136. The van der Waals surface area contributed by atoms with Gasteiger partial charge in [0.25, 0.3) is 0 Å². The molecule has 3 nitrogen and oxygen atoms in total. The fourth-order valence-corrected chi connectivity index (χ4v) is 1.70. The molecule has 0 fully saturated rings. The molecule has 3 heteroatoms. The van der Waals surface area contributed by atoms with E-state index in [-0.39, 0.29) is 5.97 Å². The number of methoxy groups -OCH3 is 1. The van der Waals surface area contributed by atoms with Crippen LogP contribution in [-0.2, 0) is 9.53 Å². The van der Waals surface area contributed by atoms with E-state index >= 15 is 0 Å². The molecule has 104 valence electrons. The molecule has 0 spiro atoms. The Morgan fingerprint density at radius 2 is 2.00 bits per heavy atom. The van der Waals surface area contributed by atoms with Crippen molar-refractivity contribution in [1.82, 2.24) is 0 Å². The third-order valence-electron chi connectivity index (χ3n) is 2.89. The van der Waals surface area contributed by atoms with Gasteiger partial charge in [0.05, 0.1) is 7.11 Å². The van der Waals surface area contributed by atoms with Crippen molar-refractivity contribution in [3.8, 4) is 5.75 Å². The molecule has 0 atom stereocenters. The monoisotopic (exact) mass is 262 g/mol. The second kappa shape index (κ2) is 6.98. The van der Waals surface area contributed by atoms with Crippen molar-refractivity contribution >= 4 is 5.97 Å². The number of carbonyl (C=O) groups excluding carboxylic acids is 1. The Labute approximate surface area is 115 Å². The summed E-state index contributed by atoms with van der Waals surface area (Å²) in [5, 5.41) is 0. The Hall–Kier alpha value is -1.77. The van der Waals surface area contributed by atoms with Gasteiger partial charge in [-0.1, -0.05) is 19.9 Å². The third-order valence-corrected chi connectivity index (χ3v) is 2.89. The van der Waals surface area contributed by atoms with E-state index in [4.69, 9.17) is 4.74 Å². The molecule has 0 saturated heterocycles. The first-order valence-electron chi connectivity index (χ1n) is 6.43. The fraction of sp³-hybridized carbons (Fsp3) is 0.438. The highest BCUT2D eigenvalue weighted by molar-refractivity contribution is 5.87. The van der Waals surface area contributed by atoms with Crippen LogP contribution < -0.4 is 4.74 Å². The van der Waals surface area contributed by atoms with Crippen LogP contribution in [0.4, 0.5) is 0 Å². The molecule has 0 amide bonds. The van der Waals surface area contributed by atoms with Crippen LogP contribution in [0.3, 0.4) is 0 Å². The zero-order valence-corrected chi connectivity index (χ0v) is 12.3. The highest BCUT2D eigenvalue weighted by Gasteiger charge is 2.04. The zero-order chi connectivity index (χ0) is 14.4. The number of aryl methyl sites for hydroxylation is 1. The Morgan fingerprint density at radius 3 is 2.58 bits per heavy atom. The van der Waals surface area contributed by atoms with Gasteiger partial charge >= 0.3 is 5.97 Å². The predicted molar refractivity (Wildman–Crippen MR) is 76.5 cm³/mol. The third kappa shape index (κ3) is 4.78. The van der Waals surface area contributed by atoms with Crippen molar-refractivity contribution in [2.24, 2.45) is 0 Å². The van der Waals surface area contributed by atoms with Gasteiger partial charge in [-0.3, -0.25) is 0 Å². The second-order valence-corrected chi connectivity index (χ2v) is 4.92. The van der Waals surface area contributed by atoms with Gasteiger partial charge in [-0.15, -0.1) is 0 Å². The summed E-state index contributed by atoms with van der Waals surface area (Å²) in [6.45, 7) is 8.43. The van der Waals surface area contributed by atoms with Gasteiger partial charge < -0.3 is 9.47 Å². The minimum atomic E-state index is -0.323. The van der Waals surface area contributed by atoms with E-state index in [2.05, 4.69) is 24.7 Å². The van der Waals surface area contributed by atoms with Gasteiger partial charge in [0.15, 0.2) is 0 Å². The maximum atomic E-state index is 11.2. The van der Waals surface area contributed by atoms with Crippen molar-refractivity contribution in [3.05, 3.63) is 41.0 Å². The number of rotatable bonds is 5. The van der Waals surface area contributed by atoms with E-state index in [1.165, 1.54) is 18.2 Å². The molecule has 0 heterocycles. The van der Waals surface area contributed by atoms with E-state index in [1.807, 2.05) is 19.1 Å². The van der Waals surface area contributed by atoms with Crippen LogP contribution in [0.15, 0.2) is 29.8 Å². The van der Waals surface area contributed by atoms with Crippen LogP contribution in [0, 0.1) is 6.92 Å². The number of ether oxygens (including phenoxy) is 2. The van der Waals surface area contributed by atoms with Crippen LogP contribution in [0.1, 0.15) is 37.8 Å². The van der Waals surface area contributed by atoms with Gasteiger partial charge in [0.2, 0.25) is 0 Å². The molecule has 0 bridgehead atoms. The van der Waals surface area contributed by atoms with Crippen LogP contribution >= 0.6 is 0 Å². The largest absolute Gasteiger partial charge is 0.489 e. The molecule has 0 unspecified atom stereocenters. The van der Waals surface area contributed by atoms with E-state index in [0.717, 1.165) is 5.75 Å². The molecular weight excluding hydrogens is 240 g/mol. The minimum Gasteiger partial charge on any atom is -0.489 e. The molecule has 1 aromatic rings. The maximum Gasteiger partial charge on any atom is 0.333 e. The zero-order valence-electron chi connectivity index (χ0n) is 12.3. The van der Waals surface area contributed by atoms with E-state index in [1.54, 1.807) is 13.0 Å². The molecule has 1 aromatic carbocycles. The van der Waals surface area contributed by atoms with E-state index in [0.29, 0.717) is 18.1 Å². The Kier molecular flexibility index (Phi) is 5.61. The Morgan fingerprint density at radius 1 is 1.32 bits per heavy atom. The van der Waals surface area contributed by atoms with Crippen LogP contribution in [-0.4, -0.2) is 19.7 Å². The van der Waals surface area contributed by atoms with Crippen molar-refractivity contribution in [2.75, 3.05) is 13.7 Å². The molecule has 0 N–H and O–H groups in total. The number of benzene rings is 1. The molecule has 0 radical (unpaired) electrons. The summed E-state index contributed by atoms with van der Waals surface area (Å²) in [4.78, 5) is 11.2. The lowest BCUT2D eigenvalue weighted by Crippen LogP contribution is -2.04. The van der Waals surface area contributed by atoms with E-state index < -0.39 is 0 Å². The predicted octanol–water partition coefficient (Wildman–Crippen LogP) is 3.62. The maximum absolute atomic E-state index is 11.2. The van der Waals surface area contributed by atoms with Gasteiger partial charge in [0, 0.05) is 5.57 Å². The highest BCUT2D eigenvalue weighted by atomic mass is 16.5. The number of hydrogen-bond acceptors (Lipinski definition) is 3. The minimum absolute atomic E-state index is 0.323. The summed E-state index contributed by atoms with van der Waals surface area (Å²) >= 11 is 0. The number of hydrogen-bond donors (Lipinski definition) is 0. The van der Waals surface area contributed by atoms with Crippen molar-refractivity contribution < 1.29 is 14.3 Å². The summed E-state index contributed by atoms with van der Waals surface area (Å²) in [5.41, 5.74) is 2.98. The second-order valence-electron chi connectivity index (χ2n) is 4.92. The molecule has 0 saturated carbocycles. The number of carbonyl (C=O) groups is 1. The SMILES string of the molecule is COC(=O)C(C)=CCOc1cc(C)cc(C(C)C)c1. The van der Waals surface area contributed by atoms with Crippen molar-refractivity contribution in [1.29, 1.82) is 0 Å². The van der Waals surface area contributed by atoms with Gasteiger partial charge in [-0.05, 0) is 49.1 Å². The molecular formula is C16H22O3. The average molecular weight is 262 g/mol. The quantitative estimate of drug-likeness (QED) is 0.600. The van der Waals surface area contributed by atoms with Crippen LogP contribution in [0.25, 0.3) is 0 Å². The normalized spacial score (nSPS) is 11.6. The average Bonchev–Trinajstić information content (AvgIpc) is 2.36. The summed E-state index contributed by atoms with van der Waals surface area (Å²) in [7, 11) is 1.37. The molecule has 0 aliphatic carbocycles. The Bertz CT molecular complexity index is 473. The van der Waals surface area contributed by atoms with Crippen LogP contribution in [0.2, 0.25) is 0 Å². The molecule has 1 rings (SSSR count). The van der Waals surface area contributed by atoms with Gasteiger partial charge in [-0.25, -0.2) is 4.79 Å². The molecule has 0 aromatic heterocycles. The lowest BCUT2D eigenvalue weighted by Gasteiger charge is -2.11. The summed E-state index contributed by atoms with van der Waals surface area (Å²) in [6, 6.07) is 6.19. The summed E-state index contributed by atoms with van der Waals surface area (Å²) in [6.07, 6.45) is 1.73. The Balaban J connectivity index is 2.70. The summed E-state index contributed by atoms with van der Waals surface area (Å²) in [5.74, 6) is 0.975. The van der Waals surface area contributed by atoms with Crippen molar-refractivity contribution in [2.45, 2.75) is 33.6 Å². The number of esters is 1. The van der Waals surface area contributed by atoms with Crippen molar-refractivity contribution in [3.63, 3.8) is 0 Å². The van der Waals surface area contributed by atoms with Gasteiger partial charge in [-0.2, -0.15) is 0 Å². The first-order chi connectivity index (χ1) is 8.93. The van der Waals surface area contributed by atoms with E-state index in [9.17, 15) is 4.79 Å². The molecule has 19 heavy (non-hydrogen) atoms. The first-order valence-corrected chi connectivity index (χ1v) is 6.43. The highest BCUT2D eigenvalue weighted by Crippen LogP contribution is 2.22. The van der Waals surface area contributed by atoms with Crippen LogP contribution in [0.5, 0.6) is 5.75 Å². The molecule has 0 aliphatic rings. The standard InChI is InChI=1S/C16H22O3/c1-11(2)14-8-12(3)9-15(10-14)19-7-6-13(4)16(17)18-5/h6,8-11H,7H2,1-5H3. The first kappa shape index (κ1) is 15.3. The smallest absolute Gasteiger partial charge is 0.333 e. The fourth-order valence-electron chi connectivity index (χ4n) is 1.70. The van der Waals surface area contributed by atoms with Gasteiger partial charge in [0.1, 0.15) is 12.4 Å². The molecule has 0 aliphatic heterocycles. The lowest BCUT2D eigenvalue weighted by atomic mass is 10.0.